The quantitative estimate of drug-likeness (QED) is 0.865. The van der Waals surface area contributed by atoms with Gasteiger partial charge >= 0.3 is 0 Å². The summed E-state index contributed by atoms with van der Waals surface area (Å²) in [4.78, 5) is 21.3. The van der Waals surface area contributed by atoms with Gasteiger partial charge in [-0.15, -0.1) is 0 Å². The number of aromatic nitrogens is 1. The number of para-hydroxylation sites is 1. The maximum absolute atomic E-state index is 12.0. The number of amides is 1. The first kappa shape index (κ1) is 13.6. The number of carbonyl (C=O) groups is 1. The molecule has 1 fully saturated rings. The third-order valence-electron chi connectivity index (χ3n) is 2.83. The second-order valence-electron chi connectivity index (χ2n) is 4.52. The molecule has 1 aromatic carbocycles. The van der Waals surface area contributed by atoms with E-state index in [-0.39, 0.29) is 5.91 Å². The van der Waals surface area contributed by atoms with E-state index in [1.807, 2.05) is 55.5 Å². The molecule has 1 aromatic heterocycles. The van der Waals surface area contributed by atoms with Crippen LogP contribution in [0, 0.1) is 6.92 Å². The molecule has 5 heteroatoms. The first-order valence-corrected chi connectivity index (χ1v) is 7.31. The van der Waals surface area contributed by atoms with E-state index in [4.69, 9.17) is 0 Å². The van der Waals surface area contributed by atoms with Crippen molar-refractivity contribution in [2.75, 3.05) is 0 Å². The summed E-state index contributed by atoms with van der Waals surface area (Å²) in [6, 6.07) is 15.3. The smallest absolute Gasteiger partial charge is 0.264 e. The van der Waals surface area contributed by atoms with Crippen LogP contribution < -0.4 is 5.32 Å². The van der Waals surface area contributed by atoms with Crippen LogP contribution in [0.2, 0.25) is 0 Å². The van der Waals surface area contributed by atoms with Gasteiger partial charge in [-0.1, -0.05) is 24.3 Å². The molecule has 0 bridgehead atoms. The van der Waals surface area contributed by atoms with E-state index in [1.54, 1.807) is 6.08 Å². The van der Waals surface area contributed by atoms with E-state index in [1.165, 1.54) is 11.8 Å². The fourth-order valence-corrected chi connectivity index (χ4v) is 2.71. The topological polar surface area (TPSA) is 54.4 Å². The Labute approximate surface area is 127 Å². The van der Waals surface area contributed by atoms with Crippen LogP contribution in [-0.2, 0) is 4.79 Å². The van der Waals surface area contributed by atoms with Crippen molar-refractivity contribution in [3.8, 4) is 0 Å². The van der Waals surface area contributed by atoms with Gasteiger partial charge in [-0.3, -0.25) is 9.78 Å². The first-order valence-electron chi connectivity index (χ1n) is 6.49. The SMILES string of the molecule is Cc1cccc(/C=C2/SC(=Nc3ccccc3)NC2=O)n1. The highest BCUT2D eigenvalue weighted by Crippen LogP contribution is 2.27. The molecular weight excluding hydrogens is 282 g/mol. The monoisotopic (exact) mass is 295 g/mol. The number of nitrogens with zero attached hydrogens (tertiary/aromatic N) is 2. The van der Waals surface area contributed by atoms with E-state index in [0.29, 0.717) is 10.1 Å². The van der Waals surface area contributed by atoms with Crippen LogP contribution in [0.1, 0.15) is 11.4 Å². The van der Waals surface area contributed by atoms with Gasteiger partial charge in [0.05, 0.1) is 16.3 Å². The predicted molar refractivity (Wildman–Crippen MR) is 86.2 cm³/mol. The van der Waals surface area contributed by atoms with Crippen molar-refractivity contribution in [1.29, 1.82) is 0 Å². The van der Waals surface area contributed by atoms with Gasteiger partial charge in [-0.25, -0.2) is 4.99 Å². The fourth-order valence-electron chi connectivity index (χ4n) is 1.88. The van der Waals surface area contributed by atoms with Crippen LogP contribution in [0.5, 0.6) is 0 Å². The van der Waals surface area contributed by atoms with Crippen molar-refractivity contribution < 1.29 is 4.79 Å². The van der Waals surface area contributed by atoms with Gasteiger partial charge < -0.3 is 5.32 Å². The molecule has 104 valence electrons. The molecule has 3 rings (SSSR count). The number of hydrogen-bond donors (Lipinski definition) is 1. The molecule has 1 amide bonds. The number of amidine groups is 1. The van der Waals surface area contributed by atoms with Gasteiger partial charge in [0, 0.05) is 5.69 Å². The number of aryl methyl sites for hydroxylation is 1. The van der Waals surface area contributed by atoms with E-state index in [9.17, 15) is 4.79 Å². The molecule has 1 aliphatic heterocycles. The zero-order chi connectivity index (χ0) is 14.7. The fraction of sp³-hybridized carbons (Fsp3) is 0.0625. The summed E-state index contributed by atoms with van der Waals surface area (Å²) < 4.78 is 0. The van der Waals surface area contributed by atoms with Gasteiger partial charge in [0.1, 0.15) is 0 Å². The lowest BCUT2D eigenvalue weighted by Crippen LogP contribution is -2.19. The Morgan fingerprint density at radius 1 is 1.14 bits per heavy atom. The minimum atomic E-state index is -0.141. The molecule has 2 aromatic rings. The van der Waals surface area contributed by atoms with Gasteiger partial charge in [-0.05, 0) is 49.0 Å². The summed E-state index contributed by atoms with van der Waals surface area (Å²) in [6.45, 7) is 1.92. The molecule has 2 heterocycles. The summed E-state index contributed by atoms with van der Waals surface area (Å²) in [6.07, 6.45) is 1.78. The number of hydrogen-bond acceptors (Lipinski definition) is 4. The highest BCUT2D eigenvalue weighted by molar-refractivity contribution is 8.18. The number of benzene rings is 1. The molecule has 1 N–H and O–H groups in total. The van der Waals surface area contributed by atoms with Crippen molar-refractivity contribution in [2.45, 2.75) is 6.92 Å². The number of aliphatic imine (C=N–C) groups is 1. The van der Waals surface area contributed by atoms with Crippen LogP contribution in [0.4, 0.5) is 5.69 Å². The van der Waals surface area contributed by atoms with E-state index in [0.717, 1.165) is 17.1 Å². The van der Waals surface area contributed by atoms with Crippen LogP contribution in [0.3, 0.4) is 0 Å². The maximum Gasteiger partial charge on any atom is 0.264 e. The molecule has 0 atom stereocenters. The molecule has 0 aliphatic carbocycles. The largest absolute Gasteiger partial charge is 0.300 e. The summed E-state index contributed by atoms with van der Waals surface area (Å²) >= 11 is 1.32. The lowest BCUT2D eigenvalue weighted by Gasteiger charge is -1.96. The van der Waals surface area contributed by atoms with Crippen LogP contribution in [0.25, 0.3) is 6.08 Å². The maximum atomic E-state index is 12.0. The summed E-state index contributed by atoms with van der Waals surface area (Å²) in [5.41, 5.74) is 2.51. The Bertz CT molecular complexity index is 738. The Hall–Kier alpha value is -2.40. The molecule has 21 heavy (non-hydrogen) atoms. The molecule has 0 unspecified atom stereocenters. The Morgan fingerprint density at radius 3 is 2.71 bits per heavy atom. The highest BCUT2D eigenvalue weighted by atomic mass is 32.2. The van der Waals surface area contributed by atoms with E-state index in [2.05, 4.69) is 15.3 Å². The molecule has 1 saturated heterocycles. The lowest BCUT2D eigenvalue weighted by molar-refractivity contribution is -0.115. The van der Waals surface area contributed by atoms with Crippen LogP contribution in [-0.4, -0.2) is 16.1 Å². The van der Waals surface area contributed by atoms with E-state index < -0.39 is 0 Å². The van der Waals surface area contributed by atoms with Gasteiger partial charge in [0.15, 0.2) is 5.17 Å². The molecule has 0 saturated carbocycles. The van der Waals surface area contributed by atoms with Crippen molar-refractivity contribution in [1.82, 2.24) is 10.3 Å². The second kappa shape index (κ2) is 5.93. The van der Waals surface area contributed by atoms with E-state index >= 15 is 0 Å². The normalized spacial score (nSPS) is 18.2. The third kappa shape index (κ3) is 3.38. The first-order chi connectivity index (χ1) is 10.2. The molecular formula is C16H13N3OS. The minimum absolute atomic E-state index is 0.141. The molecule has 0 radical (unpaired) electrons. The number of carbonyl (C=O) groups excluding carboxylic acids is 1. The average molecular weight is 295 g/mol. The number of thioether (sulfide) groups is 1. The number of pyridine rings is 1. The van der Waals surface area contributed by atoms with Crippen molar-refractivity contribution in [3.05, 3.63) is 64.8 Å². The zero-order valence-electron chi connectivity index (χ0n) is 11.4. The Kier molecular flexibility index (Phi) is 3.83. The van der Waals surface area contributed by atoms with Crippen LogP contribution >= 0.6 is 11.8 Å². The average Bonchev–Trinajstić information content (AvgIpc) is 2.80. The second-order valence-corrected chi connectivity index (χ2v) is 5.55. The number of rotatable bonds is 2. The molecule has 4 nitrogen and oxygen atoms in total. The summed E-state index contributed by atoms with van der Waals surface area (Å²) in [5.74, 6) is -0.141. The molecule has 1 aliphatic rings. The standard InChI is InChI=1S/C16H13N3OS/c1-11-6-5-9-13(17-11)10-14-15(20)19-16(21-14)18-12-7-3-2-4-8-12/h2-10H,1H3,(H,18,19,20)/b14-10+. The highest BCUT2D eigenvalue weighted by Gasteiger charge is 2.23. The number of nitrogens with one attached hydrogen (secondary N) is 1. The molecule has 0 spiro atoms. The zero-order valence-corrected chi connectivity index (χ0v) is 12.2. The minimum Gasteiger partial charge on any atom is -0.300 e. The predicted octanol–water partition coefficient (Wildman–Crippen LogP) is 3.28. The van der Waals surface area contributed by atoms with Gasteiger partial charge in [0.2, 0.25) is 0 Å². The van der Waals surface area contributed by atoms with Crippen molar-refractivity contribution >= 4 is 34.6 Å². The summed E-state index contributed by atoms with van der Waals surface area (Å²) in [7, 11) is 0. The van der Waals surface area contributed by atoms with Gasteiger partial charge in [-0.2, -0.15) is 0 Å². The van der Waals surface area contributed by atoms with Crippen molar-refractivity contribution in [2.24, 2.45) is 4.99 Å². The Balaban J connectivity index is 1.84. The summed E-state index contributed by atoms with van der Waals surface area (Å²) in [5, 5.41) is 3.35. The third-order valence-corrected chi connectivity index (χ3v) is 3.74. The van der Waals surface area contributed by atoms with Gasteiger partial charge in [0.25, 0.3) is 5.91 Å². The van der Waals surface area contributed by atoms with Crippen molar-refractivity contribution in [3.63, 3.8) is 0 Å². The van der Waals surface area contributed by atoms with Crippen LogP contribution in [0.15, 0.2) is 58.4 Å². The lowest BCUT2D eigenvalue weighted by atomic mass is 10.3. The Morgan fingerprint density at radius 2 is 1.95 bits per heavy atom.